The number of anilines is 1. The maximum Gasteiger partial charge on any atom is 0.251 e. The molecule has 0 spiro atoms. The van der Waals surface area contributed by atoms with Gasteiger partial charge in [-0.25, -0.2) is 8.42 Å². The standard InChI is InChI=1S/C19H24N2O3S/c1-4-15-6-8-16(9-7-15)14(3)20-19(22)17-10-12-18(13-11-17)21-25(23,24)5-2/h6-14,21H,4-5H2,1-3H3,(H,20,22)/t14-/m1/s1. The number of hydrogen-bond donors (Lipinski definition) is 2. The molecule has 2 aromatic rings. The molecule has 2 N–H and O–H groups in total. The molecule has 0 unspecified atom stereocenters. The van der Waals surface area contributed by atoms with Crippen molar-refractivity contribution < 1.29 is 13.2 Å². The third-order valence-electron chi connectivity index (χ3n) is 4.04. The minimum absolute atomic E-state index is 0.00355. The van der Waals surface area contributed by atoms with Gasteiger partial charge >= 0.3 is 0 Å². The molecule has 0 aromatic heterocycles. The highest BCUT2D eigenvalue weighted by Gasteiger charge is 2.12. The maximum absolute atomic E-state index is 12.4. The molecule has 1 amide bonds. The Morgan fingerprint density at radius 1 is 1.00 bits per heavy atom. The van der Waals surface area contributed by atoms with Crippen molar-refractivity contribution in [3.05, 3.63) is 65.2 Å². The van der Waals surface area contributed by atoms with E-state index in [9.17, 15) is 13.2 Å². The Morgan fingerprint density at radius 2 is 1.60 bits per heavy atom. The van der Waals surface area contributed by atoms with Gasteiger partial charge in [-0.1, -0.05) is 31.2 Å². The van der Waals surface area contributed by atoms with Gasteiger partial charge in [0.25, 0.3) is 5.91 Å². The summed E-state index contributed by atoms with van der Waals surface area (Å²) in [5, 5.41) is 2.95. The Labute approximate surface area is 149 Å². The third kappa shape index (κ3) is 5.32. The largest absolute Gasteiger partial charge is 0.346 e. The second kappa shape index (κ2) is 8.16. The predicted octanol–water partition coefficient (Wildman–Crippen LogP) is 3.50. The Kier molecular flexibility index (Phi) is 6.20. The fourth-order valence-corrected chi connectivity index (χ4v) is 2.99. The Bertz CT molecular complexity index is 813. The number of carbonyl (C=O) groups excluding carboxylic acids is 1. The van der Waals surface area contributed by atoms with Crippen molar-refractivity contribution in [3.8, 4) is 0 Å². The zero-order chi connectivity index (χ0) is 18.4. The van der Waals surface area contributed by atoms with Crippen molar-refractivity contribution in [3.63, 3.8) is 0 Å². The third-order valence-corrected chi connectivity index (χ3v) is 5.34. The normalized spacial score (nSPS) is 12.4. The summed E-state index contributed by atoms with van der Waals surface area (Å²) < 4.78 is 25.5. The highest BCUT2D eigenvalue weighted by molar-refractivity contribution is 7.92. The summed E-state index contributed by atoms with van der Waals surface area (Å²) in [4.78, 5) is 12.4. The second-order valence-corrected chi connectivity index (χ2v) is 7.88. The van der Waals surface area contributed by atoms with Crippen LogP contribution in [0, 0.1) is 0 Å². The van der Waals surface area contributed by atoms with Gasteiger partial charge in [0.2, 0.25) is 10.0 Å². The van der Waals surface area contributed by atoms with Gasteiger partial charge in [0.05, 0.1) is 11.8 Å². The quantitative estimate of drug-likeness (QED) is 0.793. The van der Waals surface area contributed by atoms with Gasteiger partial charge in [-0.2, -0.15) is 0 Å². The predicted molar refractivity (Wildman–Crippen MR) is 101 cm³/mol. The molecule has 5 nitrogen and oxygen atoms in total. The van der Waals surface area contributed by atoms with Crippen molar-refractivity contribution in [1.29, 1.82) is 0 Å². The SMILES string of the molecule is CCc1ccc([C@@H](C)NC(=O)c2ccc(NS(=O)(=O)CC)cc2)cc1. The minimum Gasteiger partial charge on any atom is -0.346 e. The summed E-state index contributed by atoms with van der Waals surface area (Å²) in [5.41, 5.74) is 3.23. The van der Waals surface area contributed by atoms with Gasteiger partial charge in [0, 0.05) is 11.3 Å². The second-order valence-electron chi connectivity index (χ2n) is 5.87. The fraction of sp³-hybridized carbons (Fsp3) is 0.316. The molecule has 0 bridgehead atoms. The molecular weight excluding hydrogens is 336 g/mol. The van der Waals surface area contributed by atoms with Crippen LogP contribution in [0.2, 0.25) is 0 Å². The van der Waals surface area contributed by atoms with Crippen LogP contribution in [0.3, 0.4) is 0 Å². The van der Waals surface area contributed by atoms with Crippen molar-refractivity contribution >= 4 is 21.6 Å². The summed E-state index contributed by atoms with van der Waals surface area (Å²) in [5.74, 6) is -0.194. The summed E-state index contributed by atoms with van der Waals surface area (Å²) >= 11 is 0. The van der Waals surface area contributed by atoms with Crippen LogP contribution in [0.15, 0.2) is 48.5 Å². The van der Waals surface area contributed by atoms with Crippen LogP contribution in [0.1, 0.15) is 48.3 Å². The fourth-order valence-electron chi connectivity index (χ4n) is 2.35. The number of rotatable bonds is 7. The van der Waals surface area contributed by atoms with Gasteiger partial charge in [0.15, 0.2) is 0 Å². The van der Waals surface area contributed by atoms with Gasteiger partial charge in [-0.05, 0) is 55.7 Å². The highest BCUT2D eigenvalue weighted by atomic mass is 32.2. The minimum atomic E-state index is -3.32. The highest BCUT2D eigenvalue weighted by Crippen LogP contribution is 2.16. The first kappa shape index (κ1) is 19.0. The van der Waals surface area contributed by atoms with Gasteiger partial charge < -0.3 is 5.32 Å². The zero-order valence-corrected chi connectivity index (χ0v) is 15.6. The molecule has 0 aliphatic carbocycles. The summed E-state index contributed by atoms with van der Waals surface area (Å²) in [7, 11) is -3.32. The Morgan fingerprint density at radius 3 is 2.12 bits per heavy atom. The lowest BCUT2D eigenvalue weighted by Gasteiger charge is -2.15. The van der Waals surface area contributed by atoms with E-state index in [-0.39, 0.29) is 17.7 Å². The van der Waals surface area contributed by atoms with E-state index in [0.717, 1.165) is 12.0 Å². The molecule has 1 atom stereocenters. The molecule has 25 heavy (non-hydrogen) atoms. The Hall–Kier alpha value is -2.34. The van der Waals surface area contributed by atoms with E-state index in [1.54, 1.807) is 31.2 Å². The lowest BCUT2D eigenvalue weighted by atomic mass is 10.0. The van der Waals surface area contributed by atoms with E-state index in [2.05, 4.69) is 29.1 Å². The van der Waals surface area contributed by atoms with Crippen LogP contribution in [0.4, 0.5) is 5.69 Å². The van der Waals surface area contributed by atoms with E-state index in [0.29, 0.717) is 11.3 Å². The molecule has 0 heterocycles. The van der Waals surface area contributed by atoms with E-state index >= 15 is 0 Å². The van der Waals surface area contributed by atoms with E-state index in [4.69, 9.17) is 0 Å². The molecule has 0 saturated heterocycles. The van der Waals surface area contributed by atoms with E-state index in [1.165, 1.54) is 5.56 Å². The smallest absolute Gasteiger partial charge is 0.251 e. The zero-order valence-electron chi connectivity index (χ0n) is 14.7. The molecule has 6 heteroatoms. The Balaban J connectivity index is 2.02. The van der Waals surface area contributed by atoms with E-state index in [1.807, 2.05) is 19.1 Å². The lowest BCUT2D eigenvalue weighted by Crippen LogP contribution is -2.26. The average Bonchev–Trinajstić information content (AvgIpc) is 2.62. The molecule has 2 aromatic carbocycles. The molecule has 0 aliphatic heterocycles. The molecule has 0 radical (unpaired) electrons. The first-order valence-electron chi connectivity index (χ1n) is 8.35. The van der Waals surface area contributed by atoms with Crippen LogP contribution in [0.25, 0.3) is 0 Å². The van der Waals surface area contributed by atoms with Crippen molar-refractivity contribution in [2.45, 2.75) is 33.2 Å². The average molecular weight is 360 g/mol. The van der Waals surface area contributed by atoms with Crippen LogP contribution in [-0.2, 0) is 16.4 Å². The summed E-state index contributed by atoms with van der Waals surface area (Å²) in [6.07, 6.45) is 0.981. The number of benzene rings is 2. The first-order chi connectivity index (χ1) is 11.8. The van der Waals surface area contributed by atoms with Crippen molar-refractivity contribution in [2.75, 3.05) is 10.5 Å². The monoisotopic (exact) mass is 360 g/mol. The molecule has 134 valence electrons. The number of nitrogens with one attached hydrogen (secondary N) is 2. The molecule has 2 rings (SSSR count). The number of hydrogen-bond acceptors (Lipinski definition) is 3. The van der Waals surface area contributed by atoms with Crippen LogP contribution in [-0.4, -0.2) is 20.1 Å². The number of carbonyl (C=O) groups is 1. The van der Waals surface area contributed by atoms with Crippen LogP contribution < -0.4 is 10.0 Å². The topological polar surface area (TPSA) is 75.3 Å². The molecule has 0 aliphatic rings. The number of sulfonamides is 1. The summed E-state index contributed by atoms with van der Waals surface area (Å²) in [6, 6.07) is 14.4. The molecule has 0 saturated carbocycles. The first-order valence-corrected chi connectivity index (χ1v) is 10.00. The summed E-state index contributed by atoms with van der Waals surface area (Å²) in [6.45, 7) is 5.60. The van der Waals surface area contributed by atoms with Crippen molar-refractivity contribution in [2.24, 2.45) is 0 Å². The number of amides is 1. The maximum atomic E-state index is 12.4. The van der Waals surface area contributed by atoms with Gasteiger partial charge in [-0.3, -0.25) is 9.52 Å². The molecule has 0 fully saturated rings. The van der Waals surface area contributed by atoms with Crippen LogP contribution >= 0.6 is 0 Å². The van der Waals surface area contributed by atoms with Gasteiger partial charge in [-0.15, -0.1) is 0 Å². The van der Waals surface area contributed by atoms with E-state index < -0.39 is 10.0 Å². The van der Waals surface area contributed by atoms with Crippen LogP contribution in [0.5, 0.6) is 0 Å². The van der Waals surface area contributed by atoms with Gasteiger partial charge in [0.1, 0.15) is 0 Å². The number of aryl methyl sites for hydroxylation is 1. The molecular formula is C19H24N2O3S. The van der Waals surface area contributed by atoms with Crippen molar-refractivity contribution in [1.82, 2.24) is 5.32 Å². The lowest BCUT2D eigenvalue weighted by molar-refractivity contribution is 0.0940.